The highest BCUT2D eigenvalue weighted by Gasteiger charge is 2.29. The summed E-state index contributed by atoms with van der Waals surface area (Å²) in [4.78, 5) is 31.2. The van der Waals surface area contributed by atoms with Gasteiger partial charge in [-0.1, -0.05) is 36.4 Å². The number of ether oxygens (including phenoxy) is 1. The number of thiazole rings is 1. The standard InChI is InChI=1S/C21H22N2O3S/c1-21(2,3)23(12-18-22-17(13-27-18)20(25)26-4)19(24)16-11-7-9-14-8-5-6-10-15(14)16/h5-11,13H,12H2,1-4H3. The van der Waals surface area contributed by atoms with Crippen LogP contribution >= 0.6 is 11.3 Å². The molecule has 6 heteroatoms. The van der Waals surface area contributed by atoms with Crippen LogP contribution in [-0.4, -0.2) is 34.4 Å². The van der Waals surface area contributed by atoms with Crippen molar-refractivity contribution in [2.24, 2.45) is 0 Å². The molecule has 0 aliphatic heterocycles. The van der Waals surface area contributed by atoms with Crippen molar-refractivity contribution < 1.29 is 14.3 Å². The van der Waals surface area contributed by atoms with E-state index < -0.39 is 11.5 Å². The summed E-state index contributed by atoms with van der Waals surface area (Å²) >= 11 is 1.35. The number of rotatable bonds is 4. The van der Waals surface area contributed by atoms with E-state index in [-0.39, 0.29) is 11.6 Å². The topological polar surface area (TPSA) is 59.5 Å². The fraction of sp³-hybridized carbons (Fsp3) is 0.286. The van der Waals surface area contributed by atoms with E-state index in [4.69, 9.17) is 4.74 Å². The molecule has 0 bridgehead atoms. The Balaban J connectivity index is 1.96. The van der Waals surface area contributed by atoms with Gasteiger partial charge in [0.25, 0.3) is 5.91 Å². The summed E-state index contributed by atoms with van der Waals surface area (Å²) in [6.07, 6.45) is 0. The lowest BCUT2D eigenvalue weighted by Crippen LogP contribution is -2.45. The summed E-state index contributed by atoms with van der Waals surface area (Å²) in [7, 11) is 1.33. The van der Waals surface area contributed by atoms with Crippen LogP contribution in [0.2, 0.25) is 0 Å². The summed E-state index contributed by atoms with van der Waals surface area (Å²) in [5.41, 5.74) is 0.516. The summed E-state index contributed by atoms with van der Waals surface area (Å²) in [6.45, 7) is 6.30. The number of benzene rings is 2. The number of carbonyl (C=O) groups excluding carboxylic acids is 2. The Hall–Kier alpha value is -2.73. The maximum Gasteiger partial charge on any atom is 0.357 e. The fourth-order valence-corrected chi connectivity index (χ4v) is 3.64. The van der Waals surface area contributed by atoms with Gasteiger partial charge < -0.3 is 9.64 Å². The number of carbonyl (C=O) groups is 2. The minimum atomic E-state index is -0.472. The highest BCUT2D eigenvalue weighted by Crippen LogP contribution is 2.26. The van der Waals surface area contributed by atoms with Gasteiger partial charge in [0, 0.05) is 16.5 Å². The number of aromatic nitrogens is 1. The third-order valence-corrected chi connectivity index (χ3v) is 5.15. The molecule has 0 fully saturated rings. The molecule has 0 saturated heterocycles. The molecule has 0 unspecified atom stereocenters. The lowest BCUT2D eigenvalue weighted by atomic mass is 10.00. The second-order valence-electron chi connectivity index (χ2n) is 7.21. The van der Waals surface area contributed by atoms with E-state index in [1.165, 1.54) is 18.4 Å². The highest BCUT2D eigenvalue weighted by molar-refractivity contribution is 7.09. The van der Waals surface area contributed by atoms with Crippen molar-refractivity contribution in [1.29, 1.82) is 0 Å². The van der Waals surface area contributed by atoms with Crippen LogP contribution in [0.15, 0.2) is 47.8 Å². The van der Waals surface area contributed by atoms with Crippen LogP contribution in [0.1, 0.15) is 46.6 Å². The van der Waals surface area contributed by atoms with Crippen LogP contribution in [-0.2, 0) is 11.3 Å². The van der Waals surface area contributed by atoms with Crippen molar-refractivity contribution in [2.75, 3.05) is 7.11 Å². The monoisotopic (exact) mass is 382 g/mol. The number of esters is 1. The minimum Gasteiger partial charge on any atom is -0.464 e. The van der Waals surface area contributed by atoms with Gasteiger partial charge in [-0.25, -0.2) is 9.78 Å². The van der Waals surface area contributed by atoms with Crippen LogP contribution in [0.3, 0.4) is 0 Å². The predicted molar refractivity (Wildman–Crippen MR) is 107 cm³/mol. The van der Waals surface area contributed by atoms with E-state index in [2.05, 4.69) is 4.98 Å². The van der Waals surface area contributed by atoms with Crippen LogP contribution in [0.4, 0.5) is 0 Å². The zero-order valence-corrected chi connectivity index (χ0v) is 16.7. The van der Waals surface area contributed by atoms with E-state index >= 15 is 0 Å². The third-order valence-electron chi connectivity index (χ3n) is 4.31. The Kier molecular flexibility index (Phi) is 5.28. The van der Waals surface area contributed by atoms with E-state index in [0.717, 1.165) is 10.8 Å². The van der Waals surface area contributed by atoms with Gasteiger partial charge in [-0.3, -0.25) is 4.79 Å². The zero-order valence-electron chi connectivity index (χ0n) is 15.9. The summed E-state index contributed by atoms with van der Waals surface area (Å²) in [6, 6.07) is 13.6. The Morgan fingerprint density at radius 1 is 1.11 bits per heavy atom. The molecule has 3 rings (SSSR count). The van der Waals surface area contributed by atoms with Gasteiger partial charge in [-0.05, 0) is 37.6 Å². The molecule has 1 amide bonds. The molecule has 1 aromatic heterocycles. The van der Waals surface area contributed by atoms with Crippen molar-refractivity contribution in [3.8, 4) is 0 Å². The van der Waals surface area contributed by atoms with Crippen LogP contribution in [0, 0.1) is 0 Å². The van der Waals surface area contributed by atoms with Crippen molar-refractivity contribution in [3.05, 3.63) is 64.1 Å². The Morgan fingerprint density at radius 2 is 1.81 bits per heavy atom. The van der Waals surface area contributed by atoms with Crippen LogP contribution in [0.5, 0.6) is 0 Å². The second kappa shape index (κ2) is 7.48. The molecule has 140 valence electrons. The van der Waals surface area contributed by atoms with E-state index in [1.54, 1.807) is 10.3 Å². The van der Waals surface area contributed by atoms with Gasteiger partial charge in [0.1, 0.15) is 5.01 Å². The van der Waals surface area contributed by atoms with Gasteiger partial charge in [-0.15, -0.1) is 11.3 Å². The number of methoxy groups -OCH3 is 1. The first-order valence-corrected chi connectivity index (χ1v) is 9.51. The first-order valence-electron chi connectivity index (χ1n) is 8.63. The van der Waals surface area contributed by atoms with Crippen molar-refractivity contribution in [3.63, 3.8) is 0 Å². The third kappa shape index (κ3) is 4.01. The Morgan fingerprint density at radius 3 is 2.52 bits per heavy atom. The summed E-state index contributed by atoms with van der Waals surface area (Å²) in [5.74, 6) is -0.533. The quantitative estimate of drug-likeness (QED) is 0.622. The number of amides is 1. The van der Waals surface area contributed by atoms with Crippen LogP contribution < -0.4 is 0 Å². The number of hydrogen-bond donors (Lipinski definition) is 0. The van der Waals surface area contributed by atoms with Crippen molar-refractivity contribution in [2.45, 2.75) is 32.9 Å². The normalized spacial score (nSPS) is 11.4. The van der Waals surface area contributed by atoms with Crippen molar-refractivity contribution in [1.82, 2.24) is 9.88 Å². The average Bonchev–Trinajstić information content (AvgIpc) is 3.12. The lowest BCUT2D eigenvalue weighted by Gasteiger charge is -2.35. The first kappa shape index (κ1) is 19.0. The van der Waals surface area contributed by atoms with Gasteiger partial charge in [0.2, 0.25) is 0 Å². The summed E-state index contributed by atoms with van der Waals surface area (Å²) < 4.78 is 4.71. The molecule has 2 aromatic carbocycles. The first-order chi connectivity index (χ1) is 12.8. The highest BCUT2D eigenvalue weighted by atomic mass is 32.1. The van der Waals surface area contributed by atoms with Gasteiger partial charge in [0.15, 0.2) is 5.69 Å². The number of nitrogens with zero attached hydrogens (tertiary/aromatic N) is 2. The van der Waals surface area contributed by atoms with Gasteiger partial charge in [-0.2, -0.15) is 0 Å². The SMILES string of the molecule is COC(=O)c1csc(CN(C(=O)c2cccc3ccccc23)C(C)(C)C)n1. The molecule has 3 aromatic rings. The van der Waals surface area contributed by atoms with Gasteiger partial charge in [0.05, 0.1) is 13.7 Å². The van der Waals surface area contributed by atoms with E-state index in [0.29, 0.717) is 17.1 Å². The Labute approximate surface area is 162 Å². The number of fused-ring (bicyclic) bond motifs is 1. The van der Waals surface area contributed by atoms with Crippen LogP contribution in [0.25, 0.3) is 10.8 Å². The minimum absolute atomic E-state index is 0.0610. The average molecular weight is 382 g/mol. The molecular formula is C21H22N2O3S. The van der Waals surface area contributed by atoms with E-state index in [1.807, 2.05) is 63.2 Å². The maximum atomic E-state index is 13.4. The smallest absolute Gasteiger partial charge is 0.357 e. The summed E-state index contributed by atoms with van der Waals surface area (Å²) in [5, 5.41) is 4.30. The second-order valence-corrected chi connectivity index (χ2v) is 8.15. The zero-order chi connectivity index (χ0) is 19.6. The van der Waals surface area contributed by atoms with Crippen molar-refractivity contribution >= 4 is 34.0 Å². The molecule has 0 N–H and O–H groups in total. The molecule has 0 aliphatic carbocycles. The molecular weight excluding hydrogens is 360 g/mol. The molecule has 27 heavy (non-hydrogen) atoms. The Bertz CT molecular complexity index is 983. The van der Waals surface area contributed by atoms with Gasteiger partial charge >= 0.3 is 5.97 Å². The molecule has 5 nitrogen and oxygen atoms in total. The molecule has 0 aliphatic rings. The molecule has 1 heterocycles. The predicted octanol–water partition coefficient (Wildman–Crippen LogP) is 4.52. The number of hydrogen-bond acceptors (Lipinski definition) is 5. The fourth-order valence-electron chi connectivity index (χ4n) is 2.89. The molecule has 0 spiro atoms. The maximum absolute atomic E-state index is 13.4. The molecule has 0 saturated carbocycles. The van der Waals surface area contributed by atoms with E-state index in [9.17, 15) is 9.59 Å². The largest absolute Gasteiger partial charge is 0.464 e. The molecule has 0 atom stereocenters. The lowest BCUT2D eigenvalue weighted by molar-refractivity contribution is 0.0561. The molecule has 0 radical (unpaired) electrons.